The van der Waals surface area contributed by atoms with Crippen LogP contribution in [0, 0.1) is 11.3 Å². The van der Waals surface area contributed by atoms with Gasteiger partial charge in [0.15, 0.2) is 7.29 Å². The summed E-state index contributed by atoms with van der Waals surface area (Å²) in [6.45, 7) is 13.7. The van der Waals surface area contributed by atoms with Crippen molar-refractivity contribution in [3.05, 3.63) is 48.6 Å². The Hall–Kier alpha value is -1.36. The fourth-order valence-electron chi connectivity index (χ4n) is 7.13. The molecule has 50 heavy (non-hydrogen) atoms. The van der Waals surface area contributed by atoms with E-state index in [1.54, 1.807) is 0 Å². The minimum Gasteiger partial charge on any atom is -0.306 e. The average molecular weight is 713 g/mol. The molecule has 0 atom stereocenters. The maximum atomic E-state index is 14.6. The Morgan fingerprint density at radius 1 is 0.520 bits per heavy atom. The van der Waals surface area contributed by atoms with Crippen LogP contribution < -0.4 is 0 Å². The molecule has 0 aliphatic carbocycles. The molecule has 0 bridgehead atoms. The molecule has 0 saturated heterocycles. The summed E-state index contributed by atoms with van der Waals surface area (Å²) in [6, 6.07) is 2.70. The van der Waals surface area contributed by atoms with E-state index in [-0.39, 0.29) is 11.3 Å². The van der Waals surface area contributed by atoms with Crippen molar-refractivity contribution in [3.63, 3.8) is 0 Å². The van der Waals surface area contributed by atoms with Gasteiger partial charge in [0.05, 0.1) is 6.07 Å². The molecule has 0 amide bonds. The lowest BCUT2D eigenvalue weighted by Crippen LogP contribution is -2.38. The van der Waals surface area contributed by atoms with E-state index >= 15 is 0 Å². The van der Waals surface area contributed by atoms with E-state index in [4.69, 9.17) is 0 Å². The predicted molar refractivity (Wildman–Crippen MR) is 227 cm³/mol. The first kappa shape index (κ1) is 48.6. The first-order valence-corrected chi connectivity index (χ1v) is 23.5. The molecule has 0 aliphatic rings. The second-order valence-corrected chi connectivity index (χ2v) is 19.3. The Kier molecular flexibility index (Phi) is 35.0. The zero-order valence-electron chi connectivity index (χ0n) is 34.4. The lowest BCUT2D eigenvalue weighted by molar-refractivity contribution is 0.272. The normalized spacial score (nSPS) is 12.9. The second kappa shape index (κ2) is 36.0. The molecule has 3 nitrogen and oxygen atoms in total. The van der Waals surface area contributed by atoms with Crippen LogP contribution in [0.5, 0.6) is 0 Å². The first-order chi connectivity index (χ1) is 24.4. The van der Waals surface area contributed by atoms with Crippen LogP contribution in [-0.4, -0.2) is 28.6 Å². The van der Waals surface area contributed by atoms with Gasteiger partial charge >= 0.3 is 0 Å². The van der Waals surface area contributed by atoms with Gasteiger partial charge in [-0.05, 0) is 77.0 Å². The van der Waals surface area contributed by atoms with Gasteiger partial charge in [0.25, 0.3) is 0 Å². The molecule has 0 N–H and O–H groups in total. The van der Waals surface area contributed by atoms with Crippen LogP contribution in [0.3, 0.4) is 0 Å². The standard InChI is InChI=1S/C46H85N2OP/c1-7-9-11-13-15-17-19-21-23-25-27-29-31-33-35-37-40-46(48(43-39-42-47)50(49,44(3)4)45(5)6)41-38-36-34-32-30-28-26-24-22-20-18-16-14-12-10-8-2/h15-18,21-24,44-46H,7-14,19-20,25-41,43H2,1-6H3/b17-15-,18-16-,23-21-,24-22-. The molecular formula is C46H85N2OP. The Labute approximate surface area is 314 Å². The highest BCUT2D eigenvalue weighted by molar-refractivity contribution is 7.62. The summed E-state index contributed by atoms with van der Waals surface area (Å²) in [6.07, 6.45) is 51.7. The van der Waals surface area contributed by atoms with E-state index in [0.29, 0.717) is 19.0 Å². The van der Waals surface area contributed by atoms with Crippen LogP contribution in [0.15, 0.2) is 48.6 Å². The molecule has 0 unspecified atom stereocenters. The lowest BCUT2D eigenvalue weighted by Gasteiger charge is -2.42. The van der Waals surface area contributed by atoms with Gasteiger partial charge in [-0.1, -0.05) is 180 Å². The van der Waals surface area contributed by atoms with Gasteiger partial charge in [-0.25, -0.2) is 4.67 Å². The molecule has 0 aromatic rings. The third-order valence-electron chi connectivity index (χ3n) is 10.2. The molecule has 4 heteroatoms. The highest BCUT2D eigenvalue weighted by Gasteiger charge is 2.40. The van der Waals surface area contributed by atoms with Crippen molar-refractivity contribution in [2.75, 3.05) is 6.54 Å². The van der Waals surface area contributed by atoms with Crippen LogP contribution in [0.4, 0.5) is 0 Å². The van der Waals surface area contributed by atoms with Crippen molar-refractivity contribution in [1.82, 2.24) is 4.67 Å². The maximum absolute atomic E-state index is 14.6. The van der Waals surface area contributed by atoms with E-state index in [1.165, 1.54) is 141 Å². The smallest absolute Gasteiger partial charge is 0.155 e. The summed E-state index contributed by atoms with van der Waals surface area (Å²) >= 11 is 0. The van der Waals surface area contributed by atoms with E-state index in [0.717, 1.165) is 25.7 Å². The van der Waals surface area contributed by atoms with E-state index in [1.807, 2.05) is 0 Å². The molecule has 0 rings (SSSR count). The molecule has 0 radical (unpaired) electrons. The van der Waals surface area contributed by atoms with Gasteiger partial charge in [-0.15, -0.1) is 0 Å². The van der Waals surface area contributed by atoms with Crippen LogP contribution in [0.1, 0.15) is 215 Å². The van der Waals surface area contributed by atoms with Crippen molar-refractivity contribution >= 4 is 7.29 Å². The highest BCUT2D eigenvalue weighted by Crippen LogP contribution is 2.59. The summed E-state index contributed by atoms with van der Waals surface area (Å²) < 4.78 is 17.0. The highest BCUT2D eigenvalue weighted by atomic mass is 31.2. The van der Waals surface area contributed by atoms with E-state index in [9.17, 15) is 9.83 Å². The molecule has 0 aliphatic heterocycles. The number of rotatable bonds is 36. The molecule has 0 aromatic heterocycles. The third kappa shape index (κ3) is 26.4. The van der Waals surface area contributed by atoms with Crippen LogP contribution >= 0.6 is 7.29 Å². The zero-order chi connectivity index (χ0) is 37.0. The van der Waals surface area contributed by atoms with Gasteiger partial charge < -0.3 is 4.57 Å². The monoisotopic (exact) mass is 713 g/mol. The summed E-state index contributed by atoms with van der Waals surface area (Å²) in [5, 5.41) is 9.51. The number of hydrogen-bond donors (Lipinski definition) is 0. The molecule has 0 aromatic carbocycles. The lowest BCUT2D eigenvalue weighted by atomic mass is 9.99. The van der Waals surface area contributed by atoms with Crippen molar-refractivity contribution in [3.8, 4) is 6.07 Å². The Morgan fingerprint density at radius 2 is 0.860 bits per heavy atom. The second-order valence-electron chi connectivity index (χ2n) is 15.3. The van der Waals surface area contributed by atoms with Crippen molar-refractivity contribution in [1.29, 1.82) is 5.26 Å². The summed E-state index contributed by atoms with van der Waals surface area (Å²) in [4.78, 5) is 0. The van der Waals surface area contributed by atoms with Gasteiger partial charge in [0.1, 0.15) is 0 Å². The van der Waals surface area contributed by atoms with Gasteiger partial charge in [-0.3, -0.25) is 0 Å². The average Bonchev–Trinajstić information content (AvgIpc) is 3.10. The molecular weight excluding hydrogens is 627 g/mol. The summed E-state index contributed by atoms with van der Waals surface area (Å²) in [5.74, 6) is 0. The largest absolute Gasteiger partial charge is 0.306 e. The van der Waals surface area contributed by atoms with Gasteiger partial charge in [0, 0.05) is 30.3 Å². The van der Waals surface area contributed by atoms with Crippen LogP contribution in [0.2, 0.25) is 0 Å². The van der Waals surface area contributed by atoms with Gasteiger partial charge in [0.2, 0.25) is 0 Å². The minimum atomic E-state index is -2.58. The third-order valence-corrected chi connectivity index (χ3v) is 14.5. The van der Waals surface area contributed by atoms with Crippen LogP contribution in [-0.2, 0) is 4.57 Å². The number of nitriles is 1. The number of unbranched alkanes of at least 4 members (excludes halogenated alkanes) is 18. The maximum Gasteiger partial charge on any atom is 0.155 e. The molecule has 0 spiro atoms. The zero-order valence-corrected chi connectivity index (χ0v) is 35.3. The first-order valence-electron chi connectivity index (χ1n) is 21.7. The van der Waals surface area contributed by atoms with Crippen LogP contribution in [0.25, 0.3) is 0 Å². The van der Waals surface area contributed by atoms with Crippen molar-refractivity contribution < 1.29 is 4.57 Å². The van der Waals surface area contributed by atoms with Gasteiger partial charge in [-0.2, -0.15) is 5.26 Å². The molecule has 0 fully saturated rings. The Morgan fingerprint density at radius 3 is 1.20 bits per heavy atom. The Balaban J connectivity index is 4.64. The van der Waals surface area contributed by atoms with Crippen molar-refractivity contribution in [2.45, 2.75) is 232 Å². The summed E-state index contributed by atoms with van der Waals surface area (Å²) in [5.41, 5.74) is 0.242. The Bertz CT molecular complexity index is 880. The topological polar surface area (TPSA) is 44.1 Å². The molecule has 0 saturated carbocycles. The van der Waals surface area contributed by atoms with E-state index < -0.39 is 7.29 Å². The predicted octanol–water partition coefficient (Wildman–Crippen LogP) is 16.1. The number of hydrogen-bond acceptors (Lipinski definition) is 2. The molecule has 290 valence electrons. The number of nitrogens with zero attached hydrogens (tertiary/aromatic N) is 2. The van der Waals surface area contributed by atoms with E-state index in [2.05, 4.69) is 101 Å². The number of allylic oxidation sites excluding steroid dienone is 8. The minimum absolute atomic E-state index is 0.121. The van der Waals surface area contributed by atoms with Crippen molar-refractivity contribution in [2.24, 2.45) is 0 Å². The fraction of sp³-hybridized carbons (Fsp3) is 0.804. The fourth-order valence-corrected chi connectivity index (χ4v) is 10.7. The molecule has 0 heterocycles. The SMILES string of the molecule is CCCCC/C=C\C/C=C\CCCCCCCCC(CCCCCCCC/C=C\C/C=C\CCCCC)N(CCC#N)P(=O)(C(C)C)C(C)C. The quantitative estimate of drug-likeness (QED) is 0.0369. The summed E-state index contributed by atoms with van der Waals surface area (Å²) in [7, 11) is -2.58.